The SMILES string of the molecule is CN(C(=O)OCc1c(-c2ccc(O[C@H]3CCC[C@H](C(=O)O)C3)c(N)n2)cnn1C)C1CCC1. The standard InChI is InChI=1S/C23H31N5O5/c1-27(15-6-4-7-15)23(31)32-13-19-17(12-25-28(19)2)18-9-10-20(21(24)26-18)33-16-8-3-5-14(11-16)22(29)30/h9-10,12,14-16H,3-8,11,13H2,1-2H3,(H2,24,26)(H,29,30)/t14-,16-/m0/s1. The van der Waals surface area contributed by atoms with E-state index in [1.165, 1.54) is 0 Å². The zero-order valence-electron chi connectivity index (χ0n) is 19.1. The van der Waals surface area contributed by atoms with E-state index in [1.807, 2.05) is 0 Å². The number of rotatable bonds is 7. The van der Waals surface area contributed by atoms with Crippen molar-refractivity contribution in [2.75, 3.05) is 12.8 Å². The van der Waals surface area contributed by atoms with E-state index in [0.29, 0.717) is 30.0 Å². The number of ether oxygens (including phenoxy) is 2. The zero-order valence-corrected chi connectivity index (χ0v) is 19.1. The van der Waals surface area contributed by atoms with E-state index in [-0.39, 0.29) is 36.6 Å². The molecular formula is C23H31N5O5. The molecule has 33 heavy (non-hydrogen) atoms. The van der Waals surface area contributed by atoms with Crippen molar-refractivity contribution in [1.82, 2.24) is 19.7 Å². The molecule has 10 heteroatoms. The maximum Gasteiger partial charge on any atom is 0.410 e. The Kier molecular flexibility index (Phi) is 6.71. The second kappa shape index (κ2) is 9.68. The number of carbonyl (C=O) groups is 2. The first kappa shape index (κ1) is 22.9. The molecule has 2 aliphatic rings. The van der Waals surface area contributed by atoms with E-state index in [2.05, 4.69) is 10.1 Å². The quantitative estimate of drug-likeness (QED) is 0.648. The number of pyridine rings is 1. The molecule has 2 atom stereocenters. The van der Waals surface area contributed by atoms with Crippen LogP contribution < -0.4 is 10.5 Å². The summed E-state index contributed by atoms with van der Waals surface area (Å²) in [6.45, 7) is 0.0697. The summed E-state index contributed by atoms with van der Waals surface area (Å²) in [5.41, 5.74) is 8.20. The predicted molar refractivity (Wildman–Crippen MR) is 120 cm³/mol. The second-order valence-corrected chi connectivity index (χ2v) is 8.90. The summed E-state index contributed by atoms with van der Waals surface area (Å²) in [4.78, 5) is 29.8. The van der Waals surface area contributed by atoms with Gasteiger partial charge in [-0.1, -0.05) is 0 Å². The molecule has 1 amide bonds. The molecule has 2 aliphatic carbocycles. The van der Waals surface area contributed by atoms with Crippen molar-refractivity contribution in [3.05, 3.63) is 24.0 Å². The Bertz CT molecular complexity index is 1020. The van der Waals surface area contributed by atoms with E-state index >= 15 is 0 Å². The van der Waals surface area contributed by atoms with E-state index in [4.69, 9.17) is 15.2 Å². The summed E-state index contributed by atoms with van der Waals surface area (Å²) in [6.07, 6.45) is 7.01. The number of nitrogens with zero attached hydrogens (tertiary/aromatic N) is 4. The minimum Gasteiger partial charge on any atom is -0.487 e. The van der Waals surface area contributed by atoms with Crippen molar-refractivity contribution in [2.45, 2.75) is 63.7 Å². The van der Waals surface area contributed by atoms with Crippen LogP contribution in [-0.2, 0) is 23.2 Å². The van der Waals surface area contributed by atoms with Crippen molar-refractivity contribution < 1.29 is 24.2 Å². The minimum atomic E-state index is -0.784. The number of carboxylic acids is 1. The Labute approximate surface area is 192 Å². The molecule has 2 aromatic rings. The monoisotopic (exact) mass is 457 g/mol. The van der Waals surface area contributed by atoms with Gasteiger partial charge in [-0.2, -0.15) is 5.10 Å². The average Bonchev–Trinajstić information content (AvgIpc) is 3.12. The molecule has 0 aliphatic heterocycles. The van der Waals surface area contributed by atoms with Gasteiger partial charge in [-0.25, -0.2) is 9.78 Å². The fraction of sp³-hybridized carbons (Fsp3) is 0.565. The van der Waals surface area contributed by atoms with E-state index in [0.717, 1.165) is 37.7 Å². The van der Waals surface area contributed by atoms with Gasteiger partial charge in [0.25, 0.3) is 0 Å². The molecule has 0 bridgehead atoms. The molecule has 0 spiro atoms. The number of aromatic nitrogens is 3. The molecule has 0 radical (unpaired) electrons. The Morgan fingerprint density at radius 2 is 2.00 bits per heavy atom. The van der Waals surface area contributed by atoms with Gasteiger partial charge in [-0.3, -0.25) is 9.48 Å². The molecule has 0 saturated heterocycles. The average molecular weight is 458 g/mol. The third-order valence-corrected chi connectivity index (χ3v) is 6.74. The van der Waals surface area contributed by atoms with Gasteiger partial charge in [-0.15, -0.1) is 0 Å². The lowest BCUT2D eigenvalue weighted by molar-refractivity contribution is -0.143. The fourth-order valence-corrected chi connectivity index (χ4v) is 4.37. The molecule has 2 saturated carbocycles. The van der Waals surface area contributed by atoms with Gasteiger partial charge in [-0.05, 0) is 57.1 Å². The molecule has 10 nitrogen and oxygen atoms in total. The van der Waals surface area contributed by atoms with Crippen molar-refractivity contribution in [2.24, 2.45) is 13.0 Å². The first-order chi connectivity index (χ1) is 15.8. The maximum atomic E-state index is 12.4. The number of carboxylic acid groups (broad SMARTS) is 1. The number of nitrogen functional groups attached to an aromatic ring is 1. The number of aliphatic carboxylic acids is 1. The number of nitrogens with two attached hydrogens (primary N) is 1. The Morgan fingerprint density at radius 1 is 1.24 bits per heavy atom. The predicted octanol–water partition coefficient (Wildman–Crippen LogP) is 3.21. The number of hydrogen-bond donors (Lipinski definition) is 2. The minimum absolute atomic E-state index is 0.0697. The largest absolute Gasteiger partial charge is 0.487 e. The van der Waals surface area contributed by atoms with Crippen LogP contribution in [0.2, 0.25) is 0 Å². The highest BCUT2D eigenvalue weighted by Crippen LogP contribution is 2.32. The number of hydrogen-bond acceptors (Lipinski definition) is 7. The normalized spacial score (nSPS) is 20.7. The maximum absolute atomic E-state index is 12.4. The van der Waals surface area contributed by atoms with E-state index in [9.17, 15) is 14.7 Å². The van der Waals surface area contributed by atoms with Crippen LogP contribution >= 0.6 is 0 Å². The fourth-order valence-electron chi connectivity index (χ4n) is 4.37. The summed E-state index contributed by atoms with van der Waals surface area (Å²) in [7, 11) is 3.55. The van der Waals surface area contributed by atoms with Crippen LogP contribution in [0, 0.1) is 5.92 Å². The molecule has 2 heterocycles. The lowest BCUT2D eigenvalue weighted by Gasteiger charge is -2.33. The highest BCUT2D eigenvalue weighted by Gasteiger charge is 2.29. The lowest BCUT2D eigenvalue weighted by atomic mass is 9.87. The molecule has 0 unspecified atom stereocenters. The molecular weight excluding hydrogens is 426 g/mol. The van der Waals surface area contributed by atoms with Gasteiger partial charge in [0.2, 0.25) is 0 Å². The summed E-state index contributed by atoms with van der Waals surface area (Å²) < 4.78 is 13.2. The number of amides is 1. The van der Waals surface area contributed by atoms with Crippen LogP contribution in [-0.4, -0.2) is 56.0 Å². The van der Waals surface area contributed by atoms with Crippen LogP contribution in [0.25, 0.3) is 11.3 Å². The smallest absolute Gasteiger partial charge is 0.410 e. The molecule has 3 N–H and O–H groups in total. The van der Waals surface area contributed by atoms with Gasteiger partial charge in [0, 0.05) is 25.7 Å². The van der Waals surface area contributed by atoms with Crippen molar-refractivity contribution in [3.8, 4) is 17.0 Å². The van der Waals surface area contributed by atoms with Crippen molar-refractivity contribution >= 4 is 17.9 Å². The van der Waals surface area contributed by atoms with Gasteiger partial charge in [0.1, 0.15) is 6.61 Å². The highest BCUT2D eigenvalue weighted by molar-refractivity contribution is 5.70. The Hall–Kier alpha value is -3.30. The second-order valence-electron chi connectivity index (χ2n) is 8.90. The molecule has 2 fully saturated rings. The first-order valence-electron chi connectivity index (χ1n) is 11.4. The van der Waals surface area contributed by atoms with Gasteiger partial charge in [0.05, 0.1) is 29.6 Å². The lowest BCUT2D eigenvalue weighted by Crippen LogP contribution is -2.41. The van der Waals surface area contributed by atoms with Crippen LogP contribution in [0.3, 0.4) is 0 Å². The third-order valence-electron chi connectivity index (χ3n) is 6.74. The van der Waals surface area contributed by atoms with E-state index < -0.39 is 5.97 Å². The van der Waals surface area contributed by atoms with Gasteiger partial charge < -0.3 is 25.2 Å². The molecule has 2 aromatic heterocycles. The first-order valence-corrected chi connectivity index (χ1v) is 11.4. The molecule has 0 aromatic carbocycles. The Morgan fingerprint density at radius 3 is 2.67 bits per heavy atom. The van der Waals surface area contributed by atoms with Gasteiger partial charge in [0.15, 0.2) is 11.6 Å². The van der Waals surface area contributed by atoms with Crippen LogP contribution in [0.5, 0.6) is 5.75 Å². The van der Waals surface area contributed by atoms with E-state index in [1.54, 1.807) is 42.0 Å². The molecule has 4 rings (SSSR count). The molecule has 178 valence electrons. The summed E-state index contributed by atoms with van der Waals surface area (Å²) in [5, 5.41) is 13.6. The zero-order chi connectivity index (χ0) is 23.5. The van der Waals surface area contributed by atoms with Crippen molar-refractivity contribution in [3.63, 3.8) is 0 Å². The number of carbonyl (C=O) groups excluding carboxylic acids is 1. The van der Waals surface area contributed by atoms with Crippen LogP contribution in [0.4, 0.5) is 10.6 Å². The Balaban J connectivity index is 1.43. The summed E-state index contributed by atoms with van der Waals surface area (Å²) >= 11 is 0. The summed E-state index contributed by atoms with van der Waals surface area (Å²) in [5.74, 6) is -0.509. The third kappa shape index (κ3) is 5.04. The number of anilines is 1. The highest BCUT2D eigenvalue weighted by atomic mass is 16.6. The topological polar surface area (TPSA) is 133 Å². The summed E-state index contributed by atoms with van der Waals surface area (Å²) in [6, 6.07) is 3.79. The van der Waals surface area contributed by atoms with Crippen LogP contribution in [0.1, 0.15) is 50.6 Å². The van der Waals surface area contributed by atoms with Gasteiger partial charge >= 0.3 is 12.1 Å². The van der Waals surface area contributed by atoms with Crippen LogP contribution in [0.15, 0.2) is 18.3 Å². The van der Waals surface area contributed by atoms with Crippen molar-refractivity contribution in [1.29, 1.82) is 0 Å². The number of aryl methyl sites for hydroxylation is 1.